The average molecular weight is 393 g/mol. The van der Waals surface area contributed by atoms with Gasteiger partial charge in [-0.1, -0.05) is 28.1 Å². The number of aryl methyl sites for hydroxylation is 1. The van der Waals surface area contributed by atoms with Crippen LogP contribution in [0.2, 0.25) is 0 Å². The molecule has 0 saturated carbocycles. The lowest BCUT2D eigenvalue weighted by Gasteiger charge is -2.21. The molecule has 6 nitrogen and oxygen atoms in total. The number of hydrogen-bond donors (Lipinski definition) is 3. The quantitative estimate of drug-likeness (QED) is 0.423. The van der Waals surface area contributed by atoms with Gasteiger partial charge in [-0.15, -0.1) is 0 Å². The first-order chi connectivity index (χ1) is 11.4. The number of anilines is 1. The molecule has 0 radical (unpaired) electrons. The molecule has 7 heteroatoms. The third-order valence-corrected chi connectivity index (χ3v) is 4.89. The molecule has 5 N–H and O–H groups in total. The number of amides is 2. The topological polar surface area (TPSA) is 93.6 Å². The van der Waals surface area contributed by atoms with E-state index in [2.05, 4.69) is 15.9 Å². The number of hydrogen-bond acceptors (Lipinski definition) is 4. The van der Waals surface area contributed by atoms with Crippen LogP contribution >= 0.6 is 15.9 Å². The predicted octanol–water partition coefficient (Wildman–Crippen LogP) is 3.22. The van der Waals surface area contributed by atoms with E-state index in [0.717, 1.165) is 37.5 Å². The van der Waals surface area contributed by atoms with Gasteiger partial charge in [-0.3, -0.25) is 5.43 Å². The van der Waals surface area contributed by atoms with Gasteiger partial charge >= 0.3 is 6.03 Å². The van der Waals surface area contributed by atoms with Crippen LogP contribution in [0.1, 0.15) is 22.3 Å². The van der Waals surface area contributed by atoms with Crippen molar-refractivity contribution in [3.05, 3.63) is 57.1 Å². The number of nitrogens with zero attached hydrogens (tertiary/aromatic N) is 1. The van der Waals surface area contributed by atoms with Gasteiger partial charge in [0.25, 0.3) is 0 Å². The smallest absolute Gasteiger partial charge is 0.350 e. The second kappa shape index (κ2) is 7.65. The number of benzene rings is 2. The molecule has 0 aliphatic carbocycles. The van der Waals surface area contributed by atoms with Crippen molar-refractivity contribution < 1.29 is 9.53 Å². The zero-order valence-electron chi connectivity index (χ0n) is 13.9. The first-order valence-corrected chi connectivity index (χ1v) is 8.18. The van der Waals surface area contributed by atoms with Gasteiger partial charge in [-0.2, -0.15) is 0 Å². The summed E-state index contributed by atoms with van der Waals surface area (Å²) in [5.41, 5.74) is 6.55. The zero-order valence-corrected chi connectivity index (χ0v) is 15.5. The standard InChI is InChI=1S/C17H21BrN4O2/c1-10-5-4-6-15(22(20)17(23)21-19)13(10)9-24-16-8-7-14(18)11(2)12(16)3/h4-8H,9,19-20H2,1-3H3,(H,21,23). The summed E-state index contributed by atoms with van der Waals surface area (Å²) < 4.78 is 7.02. The van der Waals surface area contributed by atoms with Crippen LogP contribution in [-0.4, -0.2) is 6.03 Å². The summed E-state index contributed by atoms with van der Waals surface area (Å²) >= 11 is 3.51. The van der Waals surface area contributed by atoms with E-state index in [9.17, 15) is 4.79 Å². The third kappa shape index (κ3) is 3.69. The zero-order chi connectivity index (χ0) is 17.9. The first kappa shape index (κ1) is 18.3. The number of ether oxygens (including phenoxy) is 1. The Morgan fingerprint density at radius 1 is 1.21 bits per heavy atom. The molecule has 0 aliphatic rings. The lowest BCUT2D eigenvalue weighted by atomic mass is 10.1. The van der Waals surface area contributed by atoms with Crippen molar-refractivity contribution in [2.45, 2.75) is 27.4 Å². The van der Waals surface area contributed by atoms with Crippen LogP contribution in [0.25, 0.3) is 0 Å². The number of carbonyl (C=O) groups is 1. The molecular weight excluding hydrogens is 372 g/mol. The van der Waals surface area contributed by atoms with Gasteiger partial charge in [0.1, 0.15) is 12.4 Å². The summed E-state index contributed by atoms with van der Waals surface area (Å²) in [5.74, 6) is 11.8. The normalized spacial score (nSPS) is 10.4. The monoisotopic (exact) mass is 392 g/mol. The molecule has 24 heavy (non-hydrogen) atoms. The van der Waals surface area contributed by atoms with E-state index in [4.69, 9.17) is 16.4 Å². The maximum Gasteiger partial charge on any atom is 0.350 e. The van der Waals surface area contributed by atoms with Crippen molar-refractivity contribution in [2.24, 2.45) is 11.7 Å². The number of rotatable bonds is 4. The van der Waals surface area contributed by atoms with E-state index in [0.29, 0.717) is 5.69 Å². The van der Waals surface area contributed by atoms with Crippen LogP contribution in [0, 0.1) is 20.8 Å². The maximum atomic E-state index is 11.7. The lowest BCUT2D eigenvalue weighted by Crippen LogP contribution is -2.48. The van der Waals surface area contributed by atoms with Crippen LogP contribution < -0.4 is 26.9 Å². The van der Waals surface area contributed by atoms with Crippen LogP contribution in [0.4, 0.5) is 10.5 Å². The molecular formula is C17H21BrN4O2. The first-order valence-electron chi connectivity index (χ1n) is 7.39. The van der Waals surface area contributed by atoms with E-state index in [1.807, 2.05) is 50.5 Å². The second-order valence-electron chi connectivity index (χ2n) is 5.48. The number of hydrazine groups is 2. The summed E-state index contributed by atoms with van der Waals surface area (Å²) in [6.45, 7) is 6.26. The van der Waals surface area contributed by atoms with Crippen molar-refractivity contribution in [1.82, 2.24) is 5.43 Å². The molecule has 2 aromatic rings. The van der Waals surface area contributed by atoms with Gasteiger partial charge in [0.15, 0.2) is 0 Å². The van der Waals surface area contributed by atoms with Gasteiger partial charge in [-0.25, -0.2) is 21.5 Å². The Morgan fingerprint density at radius 2 is 1.92 bits per heavy atom. The fraction of sp³-hybridized carbons (Fsp3) is 0.235. The number of carbonyl (C=O) groups excluding carboxylic acids is 1. The molecule has 0 spiro atoms. The fourth-order valence-corrected chi connectivity index (χ4v) is 2.78. The van der Waals surface area contributed by atoms with E-state index < -0.39 is 6.03 Å². The minimum Gasteiger partial charge on any atom is -0.489 e. The summed E-state index contributed by atoms with van der Waals surface area (Å²) in [4.78, 5) is 11.7. The van der Waals surface area contributed by atoms with Crippen molar-refractivity contribution in [3.63, 3.8) is 0 Å². The highest BCUT2D eigenvalue weighted by atomic mass is 79.9. The summed E-state index contributed by atoms with van der Waals surface area (Å²) in [7, 11) is 0. The van der Waals surface area contributed by atoms with E-state index >= 15 is 0 Å². The van der Waals surface area contributed by atoms with Gasteiger partial charge < -0.3 is 4.74 Å². The maximum absolute atomic E-state index is 11.7. The third-order valence-electron chi connectivity index (χ3n) is 4.03. The lowest BCUT2D eigenvalue weighted by molar-refractivity contribution is 0.246. The van der Waals surface area contributed by atoms with Crippen molar-refractivity contribution >= 4 is 27.6 Å². The van der Waals surface area contributed by atoms with Crippen molar-refractivity contribution in [1.29, 1.82) is 0 Å². The highest BCUT2D eigenvalue weighted by Crippen LogP contribution is 2.30. The SMILES string of the molecule is Cc1cccc(N(N)C(=O)NN)c1COc1ccc(Br)c(C)c1C. The van der Waals surface area contributed by atoms with Gasteiger partial charge in [-0.05, 0) is 55.7 Å². The number of halogens is 1. The van der Waals surface area contributed by atoms with Crippen molar-refractivity contribution in [3.8, 4) is 5.75 Å². The highest BCUT2D eigenvalue weighted by molar-refractivity contribution is 9.10. The van der Waals surface area contributed by atoms with E-state index in [1.54, 1.807) is 6.07 Å². The minimum absolute atomic E-state index is 0.287. The molecule has 2 amide bonds. The predicted molar refractivity (Wildman–Crippen MR) is 98.5 cm³/mol. The molecule has 0 atom stereocenters. The molecule has 0 aliphatic heterocycles. The number of urea groups is 1. The fourth-order valence-electron chi connectivity index (χ4n) is 2.35. The Labute approximate surface area is 149 Å². The largest absolute Gasteiger partial charge is 0.489 e. The Morgan fingerprint density at radius 3 is 2.58 bits per heavy atom. The Balaban J connectivity index is 2.30. The Kier molecular flexibility index (Phi) is 5.82. The van der Waals surface area contributed by atoms with E-state index in [1.165, 1.54) is 0 Å². The Hall–Kier alpha value is -2.09. The van der Waals surface area contributed by atoms with Crippen LogP contribution in [-0.2, 0) is 6.61 Å². The molecule has 0 unspecified atom stereocenters. The molecule has 0 fully saturated rings. The molecule has 0 aromatic heterocycles. The van der Waals surface area contributed by atoms with Crippen molar-refractivity contribution in [2.75, 3.05) is 5.01 Å². The molecule has 128 valence electrons. The van der Waals surface area contributed by atoms with Gasteiger partial charge in [0.2, 0.25) is 0 Å². The number of nitrogens with two attached hydrogens (primary N) is 2. The minimum atomic E-state index is -0.600. The summed E-state index contributed by atoms with van der Waals surface area (Å²) in [6, 6.07) is 8.78. The number of nitrogens with one attached hydrogen (secondary N) is 1. The van der Waals surface area contributed by atoms with Gasteiger partial charge in [0.05, 0.1) is 5.69 Å². The Bertz CT molecular complexity index is 764. The van der Waals surface area contributed by atoms with Gasteiger partial charge in [0, 0.05) is 10.0 Å². The molecule has 0 saturated heterocycles. The molecule has 0 heterocycles. The summed E-state index contributed by atoms with van der Waals surface area (Å²) in [5, 5.41) is 0.978. The average Bonchev–Trinajstić information content (AvgIpc) is 2.58. The van der Waals surface area contributed by atoms with E-state index in [-0.39, 0.29) is 6.61 Å². The molecule has 2 rings (SSSR count). The second-order valence-corrected chi connectivity index (χ2v) is 6.33. The molecule has 0 bridgehead atoms. The molecule has 2 aromatic carbocycles. The van der Waals surface area contributed by atoms with Crippen LogP contribution in [0.5, 0.6) is 5.75 Å². The summed E-state index contributed by atoms with van der Waals surface area (Å²) in [6.07, 6.45) is 0. The van der Waals surface area contributed by atoms with Crippen LogP contribution in [0.3, 0.4) is 0 Å². The van der Waals surface area contributed by atoms with Crippen LogP contribution in [0.15, 0.2) is 34.8 Å². The highest BCUT2D eigenvalue weighted by Gasteiger charge is 2.16.